The molecule has 2 atom stereocenters. The average Bonchev–Trinajstić information content (AvgIpc) is 3.30. The zero-order valence-corrected chi connectivity index (χ0v) is 17.0. The first-order chi connectivity index (χ1) is 14.6. The van der Waals surface area contributed by atoms with E-state index in [-0.39, 0.29) is 31.0 Å². The van der Waals surface area contributed by atoms with E-state index >= 15 is 0 Å². The molecule has 0 spiro atoms. The molecule has 0 unspecified atom stereocenters. The molecule has 0 saturated carbocycles. The van der Waals surface area contributed by atoms with Crippen molar-refractivity contribution in [1.82, 2.24) is 15.5 Å². The second-order valence-corrected chi connectivity index (χ2v) is 7.51. The van der Waals surface area contributed by atoms with E-state index in [0.717, 1.165) is 12.1 Å². The molecule has 1 fully saturated rings. The lowest BCUT2D eigenvalue weighted by molar-refractivity contribution is -0.137. The van der Waals surface area contributed by atoms with Crippen LogP contribution < -0.4 is 10.6 Å². The van der Waals surface area contributed by atoms with Crippen molar-refractivity contribution in [3.63, 3.8) is 0 Å². The first kappa shape index (κ1) is 22.6. The first-order valence-corrected chi connectivity index (χ1v) is 9.70. The Bertz CT molecular complexity index is 912. The minimum Gasteiger partial charge on any atom is -0.444 e. The van der Waals surface area contributed by atoms with Crippen molar-refractivity contribution in [1.29, 1.82) is 0 Å². The molecule has 3 rings (SSSR count). The van der Waals surface area contributed by atoms with Gasteiger partial charge < -0.3 is 20.1 Å². The number of aromatic nitrogens is 2. The second kappa shape index (κ2) is 9.38. The zero-order valence-electron chi connectivity index (χ0n) is 17.0. The molecule has 1 aliphatic heterocycles. The van der Waals surface area contributed by atoms with E-state index in [4.69, 9.17) is 9.47 Å². The highest BCUT2D eigenvalue weighted by Crippen LogP contribution is 2.31. The summed E-state index contributed by atoms with van der Waals surface area (Å²) in [5.74, 6) is -0.158. The Labute approximate surface area is 176 Å². The maximum Gasteiger partial charge on any atom is 0.416 e. The second-order valence-electron chi connectivity index (χ2n) is 7.51. The quantitative estimate of drug-likeness (QED) is 0.637. The molecule has 1 aliphatic rings. The van der Waals surface area contributed by atoms with Crippen molar-refractivity contribution in [2.45, 2.75) is 51.1 Å². The van der Waals surface area contributed by atoms with E-state index in [2.05, 4.69) is 20.8 Å². The number of alkyl carbamates (subject to hydrolysis) is 1. The summed E-state index contributed by atoms with van der Waals surface area (Å²) in [6, 6.07) is 5.97. The van der Waals surface area contributed by atoms with E-state index in [0.29, 0.717) is 17.7 Å². The molecule has 3 N–H and O–H groups in total. The molecule has 0 aliphatic carbocycles. The van der Waals surface area contributed by atoms with Crippen molar-refractivity contribution < 1.29 is 32.2 Å². The number of carbonyl (C=O) groups excluding carboxylic acids is 2. The van der Waals surface area contributed by atoms with E-state index in [9.17, 15) is 22.8 Å². The van der Waals surface area contributed by atoms with E-state index in [1.165, 1.54) is 12.1 Å². The van der Waals surface area contributed by atoms with Gasteiger partial charge in [0, 0.05) is 18.5 Å². The number of halogens is 3. The Balaban J connectivity index is 1.49. The van der Waals surface area contributed by atoms with Crippen LogP contribution in [-0.2, 0) is 26.9 Å². The van der Waals surface area contributed by atoms with Gasteiger partial charge in [0.2, 0.25) is 5.91 Å². The molecule has 1 aromatic heterocycles. The molecular weight excluding hydrogens is 417 g/mol. The van der Waals surface area contributed by atoms with Crippen LogP contribution in [0.15, 0.2) is 30.3 Å². The van der Waals surface area contributed by atoms with Gasteiger partial charge in [0.05, 0.1) is 24.3 Å². The third-order valence-corrected chi connectivity index (χ3v) is 4.50. The molecule has 1 aromatic carbocycles. The van der Waals surface area contributed by atoms with Gasteiger partial charge in [0.1, 0.15) is 12.2 Å². The number of benzene rings is 1. The summed E-state index contributed by atoms with van der Waals surface area (Å²) in [6.07, 6.45) is -5.36. The van der Waals surface area contributed by atoms with Crippen molar-refractivity contribution in [3.8, 4) is 0 Å². The fourth-order valence-electron chi connectivity index (χ4n) is 3.07. The largest absolute Gasteiger partial charge is 0.444 e. The number of ether oxygens (including phenoxy) is 2. The predicted octanol–water partition coefficient (Wildman–Crippen LogP) is 3.57. The van der Waals surface area contributed by atoms with Gasteiger partial charge in [-0.15, -0.1) is 0 Å². The molecular formula is C20H23F3N4O4. The van der Waals surface area contributed by atoms with Crippen molar-refractivity contribution in [2.24, 2.45) is 0 Å². The van der Waals surface area contributed by atoms with Crippen LogP contribution in [0, 0.1) is 0 Å². The molecule has 8 nitrogen and oxygen atoms in total. The highest BCUT2D eigenvalue weighted by atomic mass is 19.4. The van der Waals surface area contributed by atoms with Crippen molar-refractivity contribution in [3.05, 3.63) is 47.2 Å². The number of carbonyl (C=O) groups is 2. The van der Waals surface area contributed by atoms with Crippen LogP contribution in [0.4, 0.5) is 23.8 Å². The number of rotatable bonds is 6. The van der Waals surface area contributed by atoms with E-state index in [1.54, 1.807) is 6.07 Å². The van der Waals surface area contributed by atoms with Gasteiger partial charge in [-0.3, -0.25) is 9.89 Å². The summed E-state index contributed by atoms with van der Waals surface area (Å²) in [5, 5.41) is 12.0. The molecule has 31 heavy (non-hydrogen) atoms. The normalized spacial score (nSPS) is 18.8. The van der Waals surface area contributed by atoms with Crippen molar-refractivity contribution >= 4 is 17.8 Å². The predicted molar refractivity (Wildman–Crippen MR) is 104 cm³/mol. The number of aromatic amines is 1. The smallest absolute Gasteiger partial charge is 0.416 e. The Kier molecular flexibility index (Phi) is 6.84. The summed E-state index contributed by atoms with van der Waals surface area (Å²) in [4.78, 5) is 23.9. The van der Waals surface area contributed by atoms with Crippen LogP contribution >= 0.6 is 0 Å². The molecule has 0 bridgehead atoms. The maximum atomic E-state index is 12.6. The fourth-order valence-corrected chi connectivity index (χ4v) is 3.07. The van der Waals surface area contributed by atoms with Crippen LogP contribution in [-0.4, -0.2) is 41.0 Å². The molecule has 1 saturated heterocycles. The minimum atomic E-state index is -4.42. The zero-order chi connectivity index (χ0) is 22.6. The number of amides is 2. The summed E-state index contributed by atoms with van der Waals surface area (Å²) in [6.45, 7) is 3.89. The lowest BCUT2D eigenvalue weighted by Gasteiger charge is -2.13. The fraction of sp³-hybridized carbons (Fsp3) is 0.450. The third-order valence-electron chi connectivity index (χ3n) is 4.50. The van der Waals surface area contributed by atoms with Gasteiger partial charge in [-0.25, -0.2) is 4.79 Å². The van der Waals surface area contributed by atoms with Crippen LogP contribution in [0.5, 0.6) is 0 Å². The topological polar surface area (TPSA) is 105 Å². The summed E-state index contributed by atoms with van der Waals surface area (Å²) < 4.78 is 48.7. The Morgan fingerprint density at radius 1 is 1.29 bits per heavy atom. The summed E-state index contributed by atoms with van der Waals surface area (Å²) in [7, 11) is 0. The monoisotopic (exact) mass is 440 g/mol. The number of H-pyrrole nitrogens is 1. The van der Waals surface area contributed by atoms with Gasteiger partial charge in [-0.1, -0.05) is 12.1 Å². The van der Waals surface area contributed by atoms with Gasteiger partial charge in [0.15, 0.2) is 5.82 Å². The number of hydrogen-bond acceptors (Lipinski definition) is 5. The number of anilines is 1. The SMILES string of the molecule is CC(C)NC(=O)O[C@H]1CO[C@@H](c2cc(NC(=O)Cc3ccc(C(F)(F)F)cc3)n[nH]2)C1. The Morgan fingerprint density at radius 3 is 2.65 bits per heavy atom. The average molecular weight is 440 g/mol. The maximum absolute atomic E-state index is 12.6. The van der Waals surface area contributed by atoms with Crippen LogP contribution in [0.3, 0.4) is 0 Å². The molecule has 0 radical (unpaired) electrons. The highest BCUT2D eigenvalue weighted by Gasteiger charge is 2.31. The lowest BCUT2D eigenvalue weighted by Crippen LogP contribution is -2.33. The van der Waals surface area contributed by atoms with Gasteiger partial charge in [-0.2, -0.15) is 18.3 Å². The lowest BCUT2D eigenvalue weighted by atomic mass is 10.1. The number of hydrogen-bond donors (Lipinski definition) is 3. The van der Waals surface area contributed by atoms with Crippen LogP contribution in [0.2, 0.25) is 0 Å². The van der Waals surface area contributed by atoms with Crippen molar-refractivity contribution in [2.75, 3.05) is 11.9 Å². The highest BCUT2D eigenvalue weighted by molar-refractivity contribution is 5.91. The van der Waals surface area contributed by atoms with Crippen LogP contribution in [0.1, 0.15) is 43.2 Å². The number of nitrogens with zero attached hydrogens (tertiary/aromatic N) is 1. The number of nitrogens with one attached hydrogen (secondary N) is 3. The van der Waals surface area contributed by atoms with E-state index in [1.807, 2.05) is 13.8 Å². The molecule has 11 heteroatoms. The molecule has 2 aromatic rings. The Morgan fingerprint density at radius 2 is 2.00 bits per heavy atom. The summed E-state index contributed by atoms with van der Waals surface area (Å²) in [5.41, 5.74) is 0.286. The van der Waals surface area contributed by atoms with Gasteiger partial charge >= 0.3 is 12.3 Å². The third kappa shape index (κ3) is 6.45. The molecule has 2 amide bonds. The van der Waals surface area contributed by atoms with Gasteiger partial charge in [0.25, 0.3) is 0 Å². The van der Waals surface area contributed by atoms with Crippen LogP contribution in [0.25, 0.3) is 0 Å². The summed E-state index contributed by atoms with van der Waals surface area (Å²) >= 11 is 0. The van der Waals surface area contributed by atoms with E-state index < -0.39 is 29.8 Å². The first-order valence-electron chi connectivity index (χ1n) is 9.70. The molecule has 168 valence electrons. The Hall–Kier alpha value is -3.08. The van der Waals surface area contributed by atoms with Gasteiger partial charge in [-0.05, 0) is 31.5 Å². The minimum absolute atomic E-state index is 0.0352. The number of alkyl halides is 3. The molecule has 2 heterocycles. The standard InChI is InChI=1S/C20H23F3N4O4/c1-11(2)24-19(29)31-14-8-16(30-10-14)15-9-17(27-26-15)25-18(28)7-12-3-5-13(6-4-12)20(21,22)23/h3-6,9,11,14,16H,7-8,10H2,1-2H3,(H,24,29)(H2,25,26,27,28)/t14-,16-/m1/s1.